The van der Waals surface area contributed by atoms with Crippen molar-refractivity contribution in [3.05, 3.63) is 42.0 Å². The lowest BCUT2D eigenvalue weighted by molar-refractivity contribution is -0.145. The maximum atomic E-state index is 13.8. The number of unbranched alkanes of at least 4 members (excludes halogenated alkanes) is 1. The molecule has 2 aromatic rings. The van der Waals surface area contributed by atoms with Gasteiger partial charge in [0, 0.05) is 31.8 Å². The van der Waals surface area contributed by atoms with Gasteiger partial charge in [-0.15, -0.1) is 0 Å². The molecule has 1 aliphatic rings. The molecule has 12 nitrogen and oxygen atoms in total. The third-order valence-corrected chi connectivity index (χ3v) is 8.36. The monoisotopic (exact) mass is 607 g/mol. The molecule has 42 heavy (non-hydrogen) atoms. The van der Waals surface area contributed by atoms with Crippen LogP contribution in [0.2, 0.25) is 0 Å². The zero-order valence-electron chi connectivity index (χ0n) is 25.0. The Bertz CT molecular complexity index is 1320. The van der Waals surface area contributed by atoms with Gasteiger partial charge in [-0.25, -0.2) is 13.2 Å². The minimum atomic E-state index is -4.06. The summed E-state index contributed by atoms with van der Waals surface area (Å²) in [4.78, 5) is 24.6. The van der Waals surface area contributed by atoms with E-state index in [0.717, 1.165) is 5.56 Å². The Balaban J connectivity index is 1.70. The summed E-state index contributed by atoms with van der Waals surface area (Å²) in [5.41, 5.74) is 0.585. The highest BCUT2D eigenvalue weighted by Gasteiger charge is 2.38. The first-order chi connectivity index (χ1) is 19.9. The Morgan fingerprint density at radius 3 is 2.31 bits per heavy atom. The highest BCUT2D eigenvalue weighted by molar-refractivity contribution is 7.89. The van der Waals surface area contributed by atoms with E-state index in [9.17, 15) is 18.0 Å². The molecule has 0 saturated carbocycles. The highest BCUT2D eigenvalue weighted by Crippen LogP contribution is 2.33. The van der Waals surface area contributed by atoms with E-state index >= 15 is 0 Å². The van der Waals surface area contributed by atoms with E-state index in [1.54, 1.807) is 53.2 Å². The van der Waals surface area contributed by atoms with Crippen LogP contribution in [0.15, 0.2) is 41.3 Å². The second-order valence-electron chi connectivity index (χ2n) is 10.7. The van der Waals surface area contributed by atoms with Crippen LogP contribution in [0.4, 0.5) is 10.5 Å². The molecule has 0 radical (unpaired) electrons. The van der Waals surface area contributed by atoms with Crippen LogP contribution < -0.4 is 24.8 Å². The van der Waals surface area contributed by atoms with Crippen LogP contribution in [0.3, 0.4) is 0 Å². The summed E-state index contributed by atoms with van der Waals surface area (Å²) >= 11 is 0. The summed E-state index contributed by atoms with van der Waals surface area (Å²) in [6.45, 7) is 6.19. The van der Waals surface area contributed by atoms with Crippen LogP contribution >= 0.6 is 0 Å². The molecule has 0 unspecified atom stereocenters. The van der Waals surface area contributed by atoms with E-state index in [4.69, 9.17) is 23.7 Å². The number of carbonyl (C=O) groups is 2. The minimum absolute atomic E-state index is 0.0379. The maximum absolute atomic E-state index is 13.8. The third kappa shape index (κ3) is 8.89. The smallest absolute Gasteiger partial charge is 0.407 e. The fraction of sp³-hybridized carbons (Fsp3) is 0.517. The highest BCUT2D eigenvalue weighted by atomic mass is 32.2. The molecule has 2 aromatic carbocycles. The number of nitrogens with one attached hydrogen (secondary N) is 2. The number of fused-ring (bicyclic) bond motifs is 1. The SMILES string of the molecule is COC(=O)[C@@H](CCCCNC(=O)OC(C)(C)C)N1CCNc2cc(OCc3cc(OC)cc(OC)c3)ccc2S1(=O)=O. The van der Waals surface area contributed by atoms with Crippen molar-refractivity contribution >= 4 is 27.8 Å². The molecular formula is C29H41N3O9S. The molecule has 2 N–H and O–H groups in total. The first-order valence-electron chi connectivity index (χ1n) is 13.7. The molecule has 0 spiro atoms. The Morgan fingerprint density at radius 2 is 1.69 bits per heavy atom. The number of methoxy groups -OCH3 is 3. The van der Waals surface area contributed by atoms with Crippen LogP contribution in [0.1, 0.15) is 45.6 Å². The van der Waals surface area contributed by atoms with Crippen molar-refractivity contribution in [2.24, 2.45) is 0 Å². The zero-order chi connectivity index (χ0) is 30.9. The molecule has 0 bridgehead atoms. The lowest BCUT2D eigenvalue weighted by Crippen LogP contribution is -2.46. The van der Waals surface area contributed by atoms with E-state index in [1.165, 1.54) is 17.5 Å². The molecule has 0 aliphatic carbocycles. The Morgan fingerprint density at radius 1 is 1.00 bits per heavy atom. The van der Waals surface area contributed by atoms with Gasteiger partial charge in [-0.05, 0) is 69.9 Å². The van der Waals surface area contributed by atoms with E-state index in [0.29, 0.717) is 42.3 Å². The number of rotatable bonds is 12. The molecule has 1 aliphatic heterocycles. The van der Waals surface area contributed by atoms with Crippen molar-refractivity contribution in [2.75, 3.05) is 46.3 Å². The lowest BCUT2D eigenvalue weighted by atomic mass is 10.1. The predicted molar refractivity (Wildman–Crippen MR) is 157 cm³/mol. The quantitative estimate of drug-likeness (QED) is 0.269. The third-order valence-electron chi connectivity index (χ3n) is 6.40. The standard InChI is InChI=1S/C29H41N3O9S/c1-29(2,3)41-28(34)31-12-8-7-9-25(27(33)39-6)32-14-13-30-24-18-21(10-11-26(24)42(32,35)36)40-19-20-15-22(37-4)17-23(16-20)38-5/h10-11,15-18,25,30H,7-9,12-14,19H2,1-6H3,(H,31,34)/t25-/m1/s1. The number of alkyl carbamates (subject to hydrolysis) is 1. The molecule has 3 rings (SSSR count). The molecule has 0 saturated heterocycles. The van der Waals surface area contributed by atoms with Crippen molar-refractivity contribution in [3.63, 3.8) is 0 Å². The van der Waals surface area contributed by atoms with Gasteiger partial charge in [0.15, 0.2) is 0 Å². The largest absolute Gasteiger partial charge is 0.497 e. The minimum Gasteiger partial charge on any atom is -0.497 e. The zero-order valence-corrected chi connectivity index (χ0v) is 25.8. The summed E-state index contributed by atoms with van der Waals surface area (Å²) in [5.74, 6) is 1.08. The van der Waals surface area contributed by atoms with Crippen molar-refractivity contribution < 1.29 is 41.7 Å². The number of anilines is 1. The van der Waals surface area contributed by atoms with Gasteiger partial charge in [-0.2, -0.15) is 4.31 Å². The van der Waals surface area contributed by atoms with Gasteiger partial charge in [0.2, 0.25) is 10.0 Å². The lowest BCUT2D eigenvalue weighted by Gasteiger charge is -2.27. The molecule has 13 heteroatoms. The van der Waals surface area contributed by atoms with Crippen LogP contribution in [0.5, 0.6) is 17.2 Å². The van der Waals surface area contributed by atoms with Crippen molar-refractivity contribution in [3.8, 4) is 17.2 Å². The van der Waals surface area contributed by atoms with Crippen LogP contribution in [0.25, 0.3) is 0 Å². The van der Waals surface area contributed by atoms with E-state index in [2.05, 4.69) is 10.6 Å². The Hall–Kier alpha value is -3.71. The summed E-state index contributed by atoms with van der Waals surface area (Å²) in [6.07, 6.45) is 0.693. The van der Waals surface area contributed by atoms with Crippen LogP contribution in [-0.4, -0.2) is 77.4 Å². The average Bonchev–Trinajstić information content (AvgIpc) is 3.07. The van der Waals surface area contributed by atoms with Gasteiger partial charge in [-0.1, -0.05) is 0 Å². The number of carbonyl (C=O) groups excluding carboxylic acids is 2. The summed E-state index contributed by atoms with van der Waals surface area (Å²) < 4.78 is 55.5. The Kier molecular flexibility index (Phi) is 11.3. The van der Waals surface area contributed by atoms with E-state index in [1.807, 2.05) is 12.1 Å². The van der Waals surface area contributed by atoms with Gasteiger partial charge < -0.3 is 34.3 Å². The number of benzene rings is 2. The average molecular weight is 608 g/mol. The number of hydrogen-bond donors (Lipinski definition) is 2. The van der Waals surface area contributed by atoms with Crippen molar-refractivity contribution in [1.82, 2.24) is 9.62 Å². The normalized spacial score (nSPS) is 15.3. The number of ether oxygens (including phenoxy) is 5. The first-order valence-corrected chi connectivity index (χ1v) is 15.1. The molecule has 1 amide bonds. The van der Waals surface area contributed by atoms with E-state index < -0.39 is 33.7 Å². The number of hydrogen-bond acceptors (Lipinski definition) is 10. The fourth-order valence-electron chi connectivity index (χ4n) is 4.43. The number of amides is 1. The first kappa shape index (κ1) is 32.8. The second-order valence-corrected chi connectivity index (χ2v) is 12.5. The fourth-order valence-corrected chi connectivity index (χ4v) is 6.19. The summed E-state index contributed by atoms with van der Waals surface area (Å²) in [5, 5.41) is 5.82. The molecule has 232 valence electrons. The summed E-state index contributed by atoms with van der Waals surface area (Å²) in [6, 6.07) is 9.07. The maximum Gasteiger partial charge on any atom is 0.407 e. The van der Waals surface area contributed by atoms with Gasteiger partial charge >= 0.3 is 12.1 Å². The molecule has 1 atom stereocenters. The van der Waals surface area contributed by atoms with Gasteiger partial charge in [-0.3, -0.25) is 4.79 Å². The molecule has 1 heterocycles. The van der Waals surface area contributed by atoms with Gasteiger partial charge in [0.05, 0.1) is 27.0 Å². The van der Waals surface area contributed by atoms with Crippen LogP contribution in [-0.2, 0) is 30.9 Å². The predicted octanol–water partition coefficient (Wildman–Crippen LogP) is 3.94. The number of esters is 1. The molecular weight excluding hydrogens is 566 g/mol. The van der Waals surface area contributed by atoms with E-state index in [-0.39, 0.29) is 31.0 Å². The number of nitrogens with zero attached hydrogens (tertiary/aromatic N) is 1. The van der Waals surface area contributed by atoms with Crippen LogP contribution in [0, 0.1) is 0 Å². The Labute approximate surface area is 247 Å². The number of sulfonamides is 1. The van der Waals surface area contributed by atoms with Crippen molar-refractivity contribution in [2.45, 2.75) is 63.2 Å². The summed E-state index contributed by atoms with van der Waals surface area (Å²) in [7, 11) is 0.304. The topological polar surface area (TPSA) is 142 Å². The molecule has 0 fully saturated rings. The second kappa shape index (κ2) is 14.5. The molecule has 0 aromatic heterocycles. The van der Waals surface area contributed by atoms with Gasteiger partial charge in [0.25, 0.3) is 0 Å². The van der Waals surface area contributed by atoms with Crippen molar-refractivity contribution in [1.29, 1.82) is 0 Å². The van der Waals surface area contributed by atoms with Gasteiger partial charge in [0.1, 0.15) is 40.4 Å².